The molecule has 13 heavy (non-hydrogen) atoms. The maximum Gasteiger partial charge on any atom is 0.0574 e. The molecule has 2 bridgehead atoms. The quantitative estimate of drug-likeness (QED) is 0.725. The Kier molecular flexibility index (Phi) is 2.61. The lowest BCUT2D eigenvalue weighted by Crippen LogP contribution is -2.28. The average Bonchev–Trinajstić information content (AvgIpc) is 2.58. The van der Waals surface area contributed by atoms with E-state index in [2.05, 4.69) is 13.8 Å². The van der Waals surface area contributed by atoms with Gasteiger partial charge < -0.3 is 9.84 Å². The second-order valence-corrected chi connectivity index (χ2v) is 4.95. The molecule has 2 nitrogen and oxygen atoms in total. The van der Waals surface area contributed by atoms with Crippen LogP contribution >= 0.6 is 0 Å². The molecule has 4 atom stereocenters. The van der Waals surface area contributed by atoms with Crippen LogP contribution in [0.2, 0.25) is 0 Å². The summed E-state index contributed by atoms with van der Waals surface area (Å²) in [6.07, 6.45) is 3.88. The van der Waals surface area contributed by atoms with Crippen LogP contribution < -0.4 is 0 Å². The minimum Gasteiger partial charge on any atom is -0.393 e. The monoisotopic (exact) mass is 184 g/mol. The van der Waals surface area contributed by atoms with Crippen molar-refractivity contribution in [2.24, 2.45) is 17.8 Å². The molecule has 0 saturated heterocycles. The molecule has 2 heteroatoms. The van der Waals surface area contributed by atoms with Crippen LogP contribution in [0.4, 0.5) is 0 Å². The van der Waals surface area contributed by atoms with Crippen molar-refractivity contribution in [1.82, 2.24) is 0 Å². The first-order valence-electron chi connectivity index (χ1n) is 5.46. The molecule has 0 aromatic rings. The molecule has 0 spiro atoms. The molecular weight excluding hydrogens is 164 g/mol. The summed E-state index contributed by atoms with van der Waals surface area (Å²) in [5, 5.41) is 9.70. The molecule has 2 fully saturated rings. The highest BCUT2D eigenvalue weighted by atomic mass is 16.5. The van der Waals surface area contributed by atoms with Gasteiger partial charge >= 0.3 is 0 Å². The number of ether oxygens (including phenoxy) is 1. The van der Waals surface area contributed by atoms with Gasteiger partial charge in [0.25, 0.3) is 0 Å². The maximum absolute atomic E-state index is 9.70. The van der Waals surface area contributed by atoms with Gasteiger partial charge in [0.1, 0.15) is 0 Å². The Balaban J connectivity index is 1.82. The van der Waals surface area contributed by atoms with E-state index in [4.69, 9.17) is 4.74 Å². The van der Waals surface area contributed by atoms with Crippen molar-refractivity contribution in [2.75, 3.05) is 6.61 Å². The van der Waals surface area contributed by atoms with Gasteiger partial charge in [-0.3, -0.25) is 0 Å². The van der Waals surface area contributed by atoms with E-state index >= 15 is 0 Å². The maximum atomic E-state index is 9.70. The zero-order valence-corrected chi connectivity index (χ0v) is 8.57. The predicted molar refractivity (Wildman–Crippen MR) is 51.4 cm³/mol. The highest BCUT2D eigenvalue weighted by Gasteiger charge is 2.45. The summed E-state index contributed by atoms with van der Waals surface area (Å²) < 4.78 is 5.62. The van der Waals surface area contributed by atoms with E-state index in [-0.39, 0.29) is 6.10 Å². The molecule has 4 unspecified atom stereocenters. The lowest BCUT2D eigenvalue weighted by Gasteiger charge is -2.26. The van der Waals surface area contributed by atoms with Crippen LogP contribution in [0.15, 0.2) is 0 Å². The van der Waals surface area contributed by atoms with Gasteiger partial charge in [0.15, 0.2) is 0 Å². The Hall–Kier alpha value is -0.0800. The van der Waals surface area contributed by atoms with Gasteiger partial charge in [-0.05, 0) is 50.9 Å². The van der Waals surface area contributed by atoms with Crippen LogP contribution in [0.25, 0.3) is 0 Å². The molecule has 2 saturated carbocycles. The molecule has 2 aliphatic carbocycles. The third-order valence-electron chi connectivity index (χ3n) is 3.56. The highest BCUT2D eigenvalue weighted by molar-refractivity contribution is 4.95. The number of aliphatic hydroxyl groups excluding tert-OH is 1. The Morgan fingerprint density at radius 3 is 2.62 bits per heavy atom. The molecule has 0 aliphatic heterocycles. The number of rotatable bonds is 3. The first kappa shape index (κ1) is 9.47. The van der Waals surface area contributed by atoms with E-state index in [1.165, 1.54) is 12.8 Å². The molecule has 0 aromatic carbocycles. The average molecular weight is 184 g/mol. The van der Waals surface area contributed by atoms with Crippen LogP contribution in [-0.4, -0.2) is 23.9 Å². The molecule has 0 radical (unpaired) electrons. The zero-order valence-electron chi connectivity index (χ0n) is 8.57. The lowest BCUT2D eigenvalue weighted by molar-refractivity contribution is 0.00343. The van der Waals surface area contributed by atoms with Crippen molar-refractivity contribution in [3.63, 3.8) is 0 Å². The minimum atomic E-state index is -0.0282. The topological polar surface area (TPSA) is 29.5 Å². The van der Waals surface area contributed by atoms with Crippen LogP contribution in [0.5, 0.6) is 0 Å². The third kappa shape index (κ3) is 1.89. The van der Waals surface area contributed by atoms with Crippen LogP contribution in [0.3, 0.4) is 0 Å². The predicted octanol–water partition coefficient (Wildman–Crippen LogP) is 1.82. The fraction of sp³-hybridized carbons (Fsp3) is 1.00. The highest BCUT2D eigenvalue weighted by Crippen LogP contribution is 2.48. The van der Waals surface area contributed by atoms with Crippen molar-refractivity contribution < 1.29 is 9.84 Å². The van der Waals surface area contributed by atoms with Crippen molar-refractivity contribution in [1.29, 1.82) is 0 Å². The minimum absolute atomic E-state index is 0.0282. The van der Waals surface area contributed by atoms with Gasteiger partial charge in [-0.15, -0.1) is 0 Å². The summed E-state index contributed by atoms with van der Waals surface area (Å²) in [5.74, 6) is 1.97. The molecular formula is C11H20O2. The Labute approximate surface area is 80.3 Å². The van der Waals surface area contributed by atoms with Crippen molar-refractivity contribution in [2.45, 2.75) is 45.3 Å². The van der Waals surface area contributed by atoms with Crippen molar-refractivity contribution in [3.8, 4) is 0 Å². The lowest BCUT2D eigenvalue weighted by atomic mass is 9.87. The molecule has 2 rings (SSSR count). The number of hydrogen-bond donors (Lipinski definition) is 1. The van der Waals surface area contributed by atoms with Crippen molar-refractivity contribution in [3.05, 3.63) is 0 Å². The number of fused-ring (bicyclic) bond motifs is 2. The van der Waals surface area contributed by atoms with Gasteiger partial charge in [-0.25, -0.2) is 0 Å². The summed E-state index contributed by atoms with van der Waals surface area (Å²) in [5.41, 5.74) is 0. The summed E-state index contributed by atoms with van der Waals surface area (Å²) >= 11 is 0. The Bertz CT molecular complexity index is 179. The zero-order chi connectivity index (χ0) is 9.42. The van der Waals surface area contributed by atoms with E-state index in [1.807, 2.05) is 0 Å². The van der Waals surface area contributed by atoms with Crippen LogP contribution in [0.1, 0.15) is 33.1 Å². The molecule has 0 amide bonds. The number of hydrogen-bond acceptors (Lipinski definition) is 2. The van der Waals surface area contributed by atoms with E-state index < -0.39 is 0 Å². The second kappa shape index (κ2) is 3.58. The first-order chi connectivity index (χ1) is 6.16. The summed E-state index contributed by atoms with van der Waals surface area (Å²) in [7, 11) is 0. The SMILES string of the molecule is CC(C)OCC1CC2CC(O)C1C2. The van der Waals surface area contributed by atoms with E-state index in [0.717, 1.165) is 18.9 Å². The van der Waals surface area contributed by atoms with Gasteiger partial charge in [-0.2, -0.15) is 0 Å². The van der Waals surface area contributed by atoms with Crippen LogP contribution in [-0.2, 0) is 4.74 Å². The third-order valence-corrected chi connectivity index (χ3v) is 3.56. The van der Waals surface area contributed by atoms with Crippen molar-refractivity contribution >= 4 is 0 Å². The summed E-state index contributed by atoms with van der Waals surface area (Å²) in [4.78, 5) is 0. The normalized spacial score (nSPS) is 43.4. The summed E-state index contributed by atoms with van der Waals surface area (Å²) in [6.45, 7) is 5.00. The molecule has 0 heterocycles. The standard InChI is InChI=1S/C11H20O2/c1-7(2)13-6-9-3-8-4-10(9)11(12)5-8/h7-12H,3-6H2,1-2H3. The summed E-state index contributed by atoms with van der Waals surface area (Å²) in [6, 6.07) is 0. The Morgan fingerprint density at radius 1 is 1.31 bits per heavy atom. The largest absolute Gasteiger partial charge is 0.393 e. The van der Waals surface area contributed by atoms with E-state index in [0.29, 0.717) is 17.9 Å². The molecule has 2 aliphatic rings. The first-order valence-corrected chi connectivity index (χ1v) is 5.46. The van der Waals surface area contributed by atoms with Gasteiger partial charge in [0.05, 0.1) is 18.8 Å². The van der Waals surface area contributed by atoms with Gasteiger partial charge in [-0.1, -0.05) is 0 Å². The smallest absolute Gasteiger partial charge is 0.0574 e. The number of aliphatic hydroxyl groups is 1. The fourth-order valence-corrected chi connectivity index (χ4v) is 2.96. The molecule has 76 valence electrons. The van der Waals surface area contributed by atoms with Crippen LogP contribution in [0, 0.1) is 17.8 Å². The van der Waals surface area contributed by atoms with E-state index in [9.17, 15) is 5.11 Å². The van der Waals surface area contributed by atoms with Gasteiger partial charge in [0.2, 0.25) is 0 Å². The van der Waals surface area contributed by atoms with Gasteiger partial charge in [0, 0.05) is 0 Å². The Morgan fingerprint density at radius 2 is 2.08 bits per heavy atom. The fourth-order valence-electron chi connectivity index (χ4n) is 2.96. The molecule has 1 N–H and O–H groups in total. The second-order valence-electron chi connectivity index (χ2n) is 4.95. The molecule has 0 aromatic heterocycles. The van der Waals surface area contributed by atoms with E-state index in [1.54, 1.807) is 0 Å².